The summed E-state index contributed by atoms with van der Waals surface area (Å²) in [4.78, 5) is 22.0. The molecule has 2 amide bonds. The molecule has 112 valence electrons. The van der Waals surface area contributed by atoms with Crippen molar-refractivity contribution in [3.8, 4) is 0 Å². The van der Waals surface area contributed by atoms with Crippen LogP contribution in [0, 0.1) is 0 Å². The van der Waals surface area contributed by atoms with Gasteiger partial charge in [-0.25, -0.2) is 17.5 Å². The highest BCUT2D eigenvalue weighted by Gasteiger charge is 2.24. The van der Waals surface area contributed by atoms with Crippen LogP contribution in [-0.2, 0) is 14.8 Å². The van der Waals surface area contributed by atoms with Gasteiger partial charge in [-0.2, -0.15) is 0 Å². The van der Waals surface area contributed by atoms with Crippen LogP contribution in [0.15, 0.2) is 0 Å². The molecule has 9 heteroatoms. The molecule has 0 radical (unpaired) electrons. The Morgan fingerprint density at radius 2 is 1.79 bits per heavy atom. The number of hydrogen-bond acceptors (Lipinski definition) is 4. The Labute approximate surface area is 113 Å². The summed E-state index contributed by atoms with van der Waals surface area (Å²) in [5.41, 5.74) is -0.906. The second kappa shape index (κ2) is 6.71. The highest BCUT2D eigenvalue weighted by Crippen LogP contribution is 2.07. The summed E-state index contributed by atoms with van der Waals surface area (Å²) >= 11 is 0. The Kier molecular flexibility index (Phi) is 6.23. The van der Waals surface area contributed by atoms with Crippen molar-refractivity contribution in [1.82, 2.24) is 14.9 Å². The summed E-state index contributed by atoms with van der Waals surface area (Å²) in [5, 5.41) is 13.5. The molecular formula is C10H21N3O5S. The van der Waals surface area contributed by atoms with Crippen LogP contribution in [-0.4, -0.2) is 61.8 Å². The Morgan fingerprint density at radius 3 is 2.21 bits per heavy atom. The van der Waals surface area contributed by atoms with Gasteiger partial charge in [0.05, 0.1) is 12.2 Å². The number of aliphatic carboxylic acids is 1. The molecule has 0 bridgehead atoms. The van der Waals surface area contributed by atoms with Gasteiger partial charge in [0.25, 0.3) is 0 Å². The minimum absolute atomic E-state index is 0.0461. The van der Waals surface area contributed by atoms with Gasteiger partial charge in [-0.15, -0.1) is 0 Å². The molecule has 3 N–H and O–H groups in total. The van der Waals surface area contributed by atoms with Crippen molar-refractivity contribution >= 4 is 22.0 Å². The lowest BCUT2D eigenvalue weighted by Gasteiger charge is -2.24. The van der Waals surface area contributed by atoms with Crippen molar-refractivity contribution < 1.29 is 23.1 Å². The van der Waals surface area contributed by atoms with Gasteiger partial charge in [-0.05, 0) is 13.8 Å². The Morgan fingerprint density at radius 1 is 1.26 bits per heavy atom. The van der Waals surface area contributed by atoms with Gasteiger partial charge in [-0.1, -0.05) is 0 Å². The Hall–Kier alpha value is -1.35. The van der Waals surface area contributed by atoms with E-state index in [2.05, 4.69) is 10.6 Å². The summed E-state index contributed by atoms with van der Waals surface area (Å²) in [6.07, 6.45) is -0.226. The summed E-state index contributed by atoms with van der Waals surface area (Å²) < 4.78 is 23.9. The fourth-order valence-corrected chi connectivity index (χ4v) is 1.98. The zero-order valence-electron chi connectivity index (χ0n) is 11.6. The average molecular weight is 295 g/mol. The molecule has 0 aliphatic carbocycles. The van der Waals surface area contributed by atoms with Crippen LogP contribution in [0.25, 0.3) is 0 Å². The average Bonchev–Trinajstić information content (AvgIpc) is 2.13. The van der Waals surface area contributed by atoms with Gasteiger partial charge < -0.3 is 15.7 Å². The predicted molar refractivity (Wildman–Crippen MR) is 70.3 cm³/mol. The fraction of sp³-hybridized carbons (Fsp3) is 0.800. The van der Waals surface area contributed by atoms with E-state index in [1.807, 2.05) is 0 Å². The van der Waals surface area contributed by atoms with E-state index in [-0.39, 0.29) is 18.7 Å². The maximum absolute atomic E-state index is 11.5. The second-order valence-corrected chi connectivity index (χ2v) is 7.24. The van der Waals surface area contributed by atoms with Crippen LogP contribution in [0.1, 0.15) is 20.3 Å². The molecule has 0 rings (SSSR count). The van der Waals surface area contributed by atoms with E-state index in [0.717, 1.165) is 4.31 Å². The number of hydrogen-bond donors (Lipinski definition) is 3. The lowest BCUT2D eigenvalue weighted by Crippen LogP contribution is -2.50. The first kappa shape index (κ1) is 17.6. The summed E-state index contributed by atoms with van der Waals surface area (Å²) in [5.74, 6) is -1.24. The highest BCUT2D eigenvalue weighted by atomic mass is 32.2. The molecular weight excluding hydrogens is 274 g/mol. The molecule has 0 saturated heterocycles. The van der Waals surface area contributed by atoms with Gasteiger partial charge in [-0.3, -0.25) is 4.79 Å². The van der Waals surface area contributed by atoms with E-state index in [1.54, 1.807) is 13.8 Å². The normalized spacial score (nSPS) is 12.3. The quantitative estimate of drug-likeness (QED) is 0.581. The van der Waals surface area contributed by atoms with Crippen LogP contribution in [0.2, 0.25) is 0 Å². The summed E-state index contributed by atoms with van der Waals surface area (Å²) in [6.45, 7) is 3.09. The number of sulfonamides is 1. The molecule has 0 aromatic heterocycles. The van der Waals surface area contributed by atoms with E-state index in [0.29, 0.717) is 0 Å². The number of carboxylic acid groups (broad SMARTS) is 1. The van der Waals surface area contributed by atoms with Gasteiger partial charge in [0.2, 0.25) is 10.0 Å². The number of carbonyl (C=O) groups is 2. The molecule has 0 fully saturated rings. The smallest absolute Gasteiger partial charge is 0.315 e. The van der Waals surface area contributed by atoms with Gasteiger partial charge in [0.1, 0.15) is 0 Å². The van der Waals surface area contributed by atoms with E-state index in [4.69, 9.17) is 5.11 Å². The molecule has 0 aromatic rings. The zero-order valence-corrected chi connectivity index (χ0v) is 12.4. The standard InChI is InChI=1S/C10H21N3O5S/c1-10(2,7-8(14)15)12-9(16)11-5-6-19(17,18)13(3)4/h5-7H2,1-4H3,(H,14,15)(H2,11,12,16). The minimum Gasteiger partial charge on any atom is -0.481 e. The second-order valence-electron chi connectivity index (χ2n) is 4.93. The highest BCUT2D eigenvalue weighted by molar-refractivity contribution is 7.89. The SMILES string of the molecule is CN(C)S(=O)(=O)CCNC(=O)NC(C)(C)CC(=O)O. The van der Waals surface area contributed by atoms with Crippen molar-refractivity contribution in [3.05, 3.63) is 0 Å². The summed E-state index contributed by atoms with van der Waals surface area (Å²) in [6, 6.07) is -0.597. The maximum Gasteiger partial charge on any atom is 0.315 e. The van der Waals surface area contributed by atoms with E-state index in [1.165, 1.54) is 14.1 Å². The topological polar surface area (TPSA) is 116 Å². The van der Waals surface area contributed by atoms with Crippen molar-refractivity contribution in [2.45, 2.75) is 25.8 Å². The molecule has 0 atom stereocenters. The van der Waals surface area contributed by atoms with Crippen LogP contribution < -0.4 is 10.6 Å². The molecule has 0 saturated carbocycles. The third kappa shape index (κ3) is 7.62. The zero-order chi connectivity index (χ0) is 15.3. The summed E-state index contributed by atoms with van der Waals surface area (Å²) in [7, 11) is -0.544. The number of amides is 2. The van der Waals surface area contributed by atoms with Gasteiger partial charge in [0, 0.05) is 26.2 Å². The Bertz CT molecular complexity index is 430. The van der Waals surface area contributed by atoms with Crippen molar-refractivity contribution in [3.63, 3.8) is 0 Å². The first-order valence-corrected chi connectivity index (χ1v) is 7.25. The number of nitrogens with zero attached hydrogens (tertiary/aromatic N) is 1. The molecule has 0 spiro atoms. The third-order valence-corrected chi connectivity index (χ3v) is 4.08. The minimum atomic E-state index is -3.36. The first-order chi connectivity index (χ1) is 8.46. The molecule has 0 aromatic carbocycles. The van der Waals surface area contributed by atoms with Crippen LogP contribution in [0.5, 0.6) is 0 Å². The molecule has 0 aliphatic rings. The lowest BCUT2D eigenvalue weighted by molar-refractivity contribution is -0.138. The number of rotatable bonds is 7. The number of urea groups is 1. The van der Waals surface area contributed by atoms with Crippen LogP contribution >= 0.6 is 0 Å². The largest absolute Gasteiger partial charge is 0.481 e. The number of carboxylic acids is 1. The monoisotopic (exact) mass is 295 g/mol. The molecule has 19 heavy (non-hydrogen) atoms. The van der Waals surface area contributed by atoms with Gasteiger partial charge >= 0.3 is 12.0 Å². The molecule has 0 unspecified atom stereocenters. The van der Waals surface area contributed by atoms with Crippen molar-refractivity contribution in [1.29, 1.82) is 0 Å². The molecule has 8 nitrogen and oxygen atoms in total. The molecule has 0 aliphatic heterocycles. The van der Waals surface area contributed by atoms with E-state index >= 15 is 0 Å². The maximum atomic E-state index is 11.5. The van der Waals surface area contributed by atoms with Crippen LogP contribution in [0.3, 0.4) is 0 Å². The number of carbonyl (C=O) groups excluding carboxylic acids is 1. The van der Waals surface area contributed by atoms with Gasteiger partial charge in [0.15, 0.2) is 0 Å². The predicted octanol–water partition coefficient (Wildman–Crippen LogP) is -0.570. The molecule has 0 heterocycles. The fourth-order valence-electron chi connectivity index (χ4n) is 1.25. The van der Waals surface area contributed by atoms with Crippen molar-refractivity contribution in [2.75, 3.05) is 26.4 Å². The lowest BCUT2D eigenvalue weighted by atomic mass is 10.0. The van der Waals surface area contributed by atoms with E-state index in [9.17, 15) is 18.0 Å². The van der Waals surface area contributed by atoms with Crippen molar-refractivity contribution in [2.24, 2.45) is 0 Å². The first-order valence-electron chi connectivity index (χ1n) is 5.64. The third-order valence-electron chi connectivity index (χ3n) is 2.25. The Balaban J connectivity index is 4.18. The van der Waals surface area contributed by atoms with E-state index < -0.39 is 27.6 Å². The van der Waals surface area contributed by atoms with Crippen LogP contribution in [0.4, 0.5) is 4.79 Å². The number of nitrogens with one attached hydrogen (secondary N) is 2.